The first-order valence-electron chi connectivity index (χ1n) is 8.58. The lowest BCUT2D eigenvalue weighted by Crippen LogP contribution is -2.34. The van der Waals surface area contributed by atoms with Crippen molar-refractivity contribution in [1.82, 2.24) is 15.1 Å². The Morgan fingerprint density at radius 1 is 0.923 bits per heavy atom. The molecule has 5 heteroatoms. The van der Waals surface area contributed by atoms with Gasteiger partial charge in [-0.05, 0) is 29.7 Å². The third-order valence-electron chi connectivity index (χ3n) is 4.15. The minimum absolute atomic E-state index is 0.136. The van der Waals surface area contributed by atoms with Crippen LogP contribution in [0, 0.1) is 5.92 Å². The van der Waals surface area contributed by atoms with Crippen molar-refractivity contribution >= 4 is 5.91 Å². The van der Waals surface area contributed by atoms with E-state index in [2.05, 4.69) is 24.3 Å². The van der Waals surface area contributed by atoms with E-state index in [1.165, 1.54) is 16.8 Å². The first-order valence-corrected chi connectivity index (χ1v) is 8.58. The van der Waals surface area contributed by atoms with E-state index >= 15 is 0 Å². The molecule has 132 valence electrons. The van der Waals surface area contributed by atoms with Crippen molar-refractivity contribution < 1.29 is 4.79 Å². The number of hydrogen-bond donors (Lipinski definition) is 1. The molecule has 0 aliphatic carbocycles. The maximum Gasteiger partial charge on any atom is 0.272 e. The Balaban J connectivity index is 1.89. The Hall–Kier alpha value is -3.21. The van der Waals surface area contributed by atoms with Gasteiger partial charge in [0.1, 0.15) is 5.69 Å². The van der Waals surface area contributed by atoms with Crippen LogP contribution in [0.5, 0.6) is 0 Å². The summed E-state index contributed by atoms with van der Waals surface area (Å²) in [6, 6.07) is 21.6. The van der Waals surface area contributed by atoms with Crippen molar-refractivity contribution in [2.45, 2.75) is 19.9 Å². The van der Waals surface area contributed by atoms with Crippen molar-refractivity contribution in [2.75, 3.05) is 0 Å². The largest absolute Gasteiger partial charge is 0.344 e. The van der Waals surface area contributed by atoms with E-state index in [9.17, 15) is 9.59 Å². The standard InChI is InChI=1S/C21H21N3O2/c1-15(2)20(16-9-5-3-6-10-16)22-21(26)18-13-14-19(25)24(23-18)17-11-7-4-8-12-17/h3-15,20H,1-2H3,(H,22,26). The van der Waals surface area contributed by atoms with Gasteiger partial charge in [0.25, 0.3) is 11.5 Å². The van der Waals surface area contributed by atoms with Gasteiger partial charge in [0.2, 0.25) is 0 Å². The summed E-state index contributed by atoms with van der Waals surface area (Å²) in [5.41, 5.74) is 1.58. The Morgan fingerprint density at radius 2 is 1.54 bits per heavy atom. The number of hydrogen-bond acceptors (Lipinski definition) is 3. The molecule has 0 spiro atoms. The predicted octanol–water partition coefficient (Wildman–Crippen LogP) is 3.36. The molecule has 1 aromatic heterocycles. The molecule has 26 heavy (non-hydrogen) atoms. The van der Waals surface area contributed by atoms with E-state index < -0.39 is 0 Å². The fourth-order valence-corrected chi connectivity index (χ4v) is 2.80. The van der Waals surface area contributed by atoms with Gasteiger partial charge in [-0.25, -0.2) is 0 Å². The first kappa shape index (κ1) is 17.6. The van der Waals surface area contributed by atoms with E-state index in [1.807, 2.05) is 48.5 Å². The van der Waals surface area contributed by atoms with Gasteiger partial charge >= 0.3 is 0 Å². The maximum absolute atomic E-state index is 12.7. The van der Waals surface area contributed by atoms with Crippen LogP contribution in [0.3, 0.4) is 0 Å². The lowest BCUT2D eigenvalue weighted by molar-refractivity contribution is 0.0918. The summed E-state index contributed by atoms with van der Waals surface area (Å²) < 4.78 is 1.24. The number of carbonyl (C=O) groups excluding carboxylic acids is 1. The highest BCUT2D eigenvalue weighted by molar-refractivity contribution is 5.92. The summed E-state index contributed by atoms with van der Waals surface area (Å²) in [5, 5.41) is 7.27. The average Bonchev–Trinajstić information content (AvgIpc) is 2.67. The van der Waals surface area contributed by atoms with Gasteiger partial charge in [-0.2, -0.15) is 9.78 Å². The molecule has 3 rings (SSSR count). The number of aromatic nitrogens is 2. The lowest BCUT2D eigenvalue weighted by atomic mass is 9.96. The third-order valence-corrected chi connectivity index (χ3v) is 4.15. The lowest BCUT2D eigenvalue weighted by Gasteiger charge is -2.22. The van der Waals surface area contributed by atoms with Crippen molar-refractivity contribution in [3.8, 4) is 5.69 Å². The molecule has 0 fully saturated rings. The minimum Gasteiger partial charge on any atom is -0.344 e. The normalized spacial score (nSPS) is 12.0. The second-order valence-corrected chi connectivity index (χ2v) is 6.41. The molecule has 0 aliphatic rings. The van der Waals surface area contributed by atoms with Gasteiger partial charge < -0.3 is 5.32 Å². The molecule has 0 radical (unpaired) electrons. The summed E-state index contributed by atoms with van der Waals surface area (Å²) in [7, 11) is 0. The predicted molar refractivity (Wildman–Crippen MR) is 101 cm³/mol. The zero-order valence-electron chi connectivity index (χ0n) is 14.8. The van der Waals surface area contributed by atoms with E-state index in [-0.39, 0.29) is 29.1 Å². The van der Waals surface area contributed by atoms with E-state index in [1.54, 1.807) is 12.1 Å². The number of rotatable bonds is 5. The fraction of sp³-hybridized carbons (Fsp3) is 0.190. The molecule has 5 nitrogen and oxygen atoms in total. The van der Waals surface area contributed by atoms with Crippen LogP contribution in [-0.2, 0) is 0 Å². The third kappa shape index (κ3) is 3.88. The summed E-state index contributed by atoms with van der Waals surface area (Å²) in [6.07, 6.45) is 0. The van der Waals surface area contributed by atoms with Crippen molar-refractivity contribution in [1.29, 1.82) is 0 Å². The molecule has 3 aromatic rings. The SMILES string of the molecule is CC(C)C(NC(=O)c1ccc(=O)n(-c2ccccc2)n1)c1ccccc1. The topological polar surface area (TPSA) is 64.0 Å². The molecule has 1 amide bonds. The molecule has 2 aromatic carbocycles. The molecule has 1 N–H and O–H groups in total. The van der Waals surface area contributed by atoms with Crippen LogP contribution in [0.2, 0.25) is 0 Å². The van der Waals surface area contributed by atoms with Gasteiger partial charge in [0.05, 0.1) is 11.7 Å². The second kappa shape index (κ2) is 7.78. The Labute approximate surface area is 152 Å². The maximum atomic E-state index is 12.7. The second-order valence-electron chi connectivity index (χ2n) is 6.41. The molecular weight excluding hydrogens is 326 g/mol. The Morgan fingerprint density at radius 3 is 2.15 bits per heavy atom. The average molecular weight is 347 g/mol. The number of para-hydroxylation sites is 1. The van der Waals surface area contributed by atoms with Crippen LogP contribution in [0.4, 0.5) is 0 Å². The Kier molecular flexibility index (Phi) is 5.27. The highest BCUT2D eigenvalue weighted by Gasteiger charge is 2.20. The van der Waals surface area contributed by atoms with E-state index in [0.717, 1.165) is 5.56 Å². The van der Waals surface area contributed by atoms with Crippen LogP contribution < -0.4 is 10.9 Å². The molecule has 0 bridgehead atoms. The summed E-state index contributed by atoms with van der Waals surface area (Å²) in [4.78, 5) is 24.9. The number of benzene rings is 2. The van der Waals surface area contributed by atoms with E-state index in [4.69, 9.17) is 0 Å². The van der Waals surface area contributed by atoms with Crippen molar-refractivity contribution in [2.24, 2.45) is 5.92 Å². The van der Waals surface area contributed by atoms with Gasteiger partial charge in [-0.15, -0.1) is 0 Å². The summed E-state index contributed by atoms with van der Waals surface area (Å²) >= 11 is 0. The number of nitrogens with zero attached hydrogens (tertiary/aromatic N) is 2. The number of nitrogens with one attached hydrogen (secondary N) is 1. The van der Waals surface area contributed by atoms with Gasteiger partial charge in [0, 0.05) is 6.07 Å². The monoisotopic (exact) mass is 347 g/mol. The van der Waals surface area contributed by atoms with E-state index in [0.29, 0.717) is 5.69 Å². The smallest absolute Gasteiger partial charge is 0.272 e. The minimum atomic E-state index is -0.308. The first-order chi connectivity index (χ1) is 12.6. The summed E-state index contributed by atoms with van der Waals surface area (Å²) in [5.74, 6) is -0.0985. The van der Waals surface area contributed by atoms with Gasteiger partial charge in [-0.3, -0.25) is 9.59 Å². The zero-order chi connectivity index (χ0) is 18.5. The Bertz CT molecular complexity index is 934. The number of carbonyl (C=O) groups is 1. The fourth-order valence-electron chi connectivity index (χ4n) is 2.80. The molecular formula is C21H21N3O2. The van der Waals surface area contributed by atoms with Crippen LogP contribution in [-0.4, -0.2) is 15.7 Å². The van der Waals surface area contributed by atoms with Gasteiger partial charge in [0.15, 0.2) is 0 Å². The van der Waals surface area contributed by atoms with Crippen molar-refractivity contribution in [3.63, 3.8) is 0 Å². The van der Waals surface area contributed by atoms with Crippen LogP contribution >= 0.6 is 0 Å². The highest BCUT2D eigenvalue weighted by atomic mass is 16.2. The van der Waals surface area contributed by atoms with Crippen molar-refractivity contribution in [3.05, 3.63) is 94.4 Å². The molecule has 0 saturated heterocycles. The number of amides is 1. The van der Waals surface area contributed by atoms with Gasteiger partial charge in [-0.1, -0.05) is 62.4 Å². The summed E-state index contributed by atoms with van der Waals surface area (Å²) in [6.45, 7) is 4.10. The van der Waals surface area contributed by atoms with Crippen LogP contribution in [0.25, 0.3) is 5.69 Å². The van der Waals surface area contributed by atoms with Crippen LogP contribution in [0.15, 0.2) is 77.6 Å². The molecule has 1 heterocycles. The molecule has 1 atom stereocenters. The zero-order valence-corrected chi connectivity index (χ0v) is 14.8. The molecule has 0 saturated carbocycles. The highest BCUT2D eigenvalue weighted by Crippen LogP contribution is 2.21. The molecule has 1 unspecified atom stereocenters. The quantitative estimate of drug-likeness (QED) is 0.770. The molecule has 0 aliphatic heterocycles. The van der Waals surface area contributed by atoms with Crippen LogP contribution in [0.1, 0.15) is 35.9 Å².